The highest BCUT2D eigenvalue weighted by molar-refractivity contribution is 9.11. The van der Waals surface area contributed by atoms with Gasteiger partial charge >= 0.3 is 11.9 Å². The molecule has 2 unspecified atom stereocenters. The highest BCUT2D eigenvalue weighted by Crippen LogP contribution is 2.29. The fraction of sp³-hybridized carbons (Fsp3) is 0.250. The standard InChI is InChI=1S/C9H6O5.C7H4Br2O.C4H8O2/c10-7(11)4-1-2-5-6(3-4)9(13)14-8(5)12;8-6-2-1-5(4-10)7(9)3-6;5-4-2-1-3-6-4/h1-3,8,12H,(H,10,11);1-4H;4-5H,1-3H2. The Hall–Kier alpha value is -2.11. The van der Waals surface area contributed by atoms with Crippen LogP contribution in [0.25, 0.3) is 0 Å². The normalized spacial score (nSPS) is 18.9. The number of carboxylic acids is 1. The molecule has 0 saturated carbocycles. The second kappa shape index (κ2) is 11.3. The molecular formula is C20H18Br2O8. The fourth-order valence-corrected chi connectivity index (χ4v) is 3.61. The smallest absolute Gasteiger partial charge is 0.341 e. The number of carbonyl (C=O) groups excluding carboxylic acids is 2. The summed E-state index contributed by atoms with van der Waals surface area (Å²) >= 11 is 6.53. The quantitative estimate of drug-likeness (QED) is 0.385. The van der Waals surface area contributed by atoms with Gasteiger partial charge in [-0.25, -0.2) is 9.59 Å². The third-order valence-corrected chi connectivity index (χ3v) is 5.18. The lowest BCUT2D eigenvalue weighted by atomic mass is 10.1. The van der Waals surface area contributed by atoms with E-state index in [4.69, 9.17) is 14.9 Å². The molecule has 0 radical (unpaired) electrons. The molecule has 0 aromatic heterocycles. The number of carboxylic acid groups (broad SMARTS) is 1. The minimum absolute atomic E-state index is 0.00481. The van der Waals surface area contributed by atoms with Gasteiger partial charge < -0.3 is 24.8 Å². The van der Waals surface area contributed by atoms with Crippen molar-refractivity contribution in [2.75, 3.05) is 6.61 Å². The Bertz CT molecular complexity index is 925. The lowest BCUT2D eigenvalue weighted by molar-refractivity contribution is -0.0590. The number of fused-ring (bicyclic) bond motifs is 1. The van der Waals surface area contributed by atoms with Crippen LogP contribution in [0, 0.1) is 0 Å². The Labute approximate surface area is 188 Å². The zero-order valence-corrected chi connectivity index (χ0v) is 18.6. The van der Waals surface area contributed by atoms with Crippen molar-refractivity contribution < 1.29 is 39.2 Å². The third-order valence-electron chi connectivity index (χ3n) is 4.00. The maximum atomic E-state index is 11.1. The molecule has 0 amide bonds. The van der Waals surface area contributed by atoms with Crippen LogP contribution in [0.3, 0.4) is 0 Å². The number of ether oxygens (including phenoxy) is 2. The molecule has 2 aromatic carbocycles. The second-order valence-electron chi connectivity index (χ2n) is 6.12. The van der Waals surface area contributed by atoms with Crippen molar-refractivity contribution >= 4 is 50.1 Å². The average Bonchev–Trinajstić information content (AvgIpc) is 3.29. The van der Waals surface area contributed by atoms with Crippen LogP contribution in [0.15, 0.2) is 45.3 Å². The highest BCUT2D eigenvalue weighted by atomic mass is 79.9. The lowest BCUT2D eigenvalue weighted by Gasteiger charge is -2.00. The van der Waals surface area contributed by atoms with Gasteiger partial charge in [0.1, 0.15) is 0 Å². The Kier molecular flexibility index (Phi) is 9.12. The van der Waals surface area contributed by atoms with Gasteiger partial charge in [-0.3, -0.25) is 4.79 Å². The predicted molar refractivity (Wildman–Crippen MR) is 112 cm³/mol. The van der Waals surface area contributed by atoms with Gasteiger partial charge in [0.2, 0.25) is 6.29 Å². The summed E-state index contributed by atoms with van der Waals surface area (Å²) in [7, 11) is 0. The summed E-state index contributed by atoms with van der Waals surface area (Å²) in [5.41, 5.74) is 1.08. The molecule has 1 fully saturated rings. The third kappa shape index (κ3) is 6.71. The van der Waals surface area contributed by atoms with Gasteiger partial charge in [-0.1, -0.05) is 37.9 Å². The largest absolute Gasteiger partial charge is 0.478 e. The maximum Gasteiger partial charge on any atom is 0.341 e. The Balaban J connectivity index is 0.000000174. The van der Waals surface area contributed by atoms with Crippen molar-refractivity contribution in [2.45, 2.75) is 25.4 Å². The van der Waals surface area contributed by atoms with E-state index >= 15 is 0 Å². The molecule has 2 aliphatic rings. The number of aldehydes is 1. The summed E-state index contributed by atoms with van der Waals surface area (Å²) in [4.78, 5) is 31.9. The minimum atomic E-state index is -1.28. The van der Waals surface area contributed by atoms with Gasteiger partial charge in [0, 0.05) is 33.1 Å². The number of aromatic carboxylic acids is 1. The zero-order chi connectivity index (χ0) is 22.3. The van der Waals surface area contributed by atoms with E-state index in [1.54, 1.807) is 6.07 Å². The minimum Gasteiger partial charge on any atom is -0.478 e. The lowest BCUT2D eigenvalue weighted by Crippen LogP contribution is -2.00. The first-order chi connectivity index (χ1) is 14.2. The van der Waals surface area contributed by atoms with Crippen molar-refractivity contribution in [1.82, 2.24) is 0 Å². The molecule has 2 heterocycles. The first-order valence-electron chi connectivity index (χ1n) is 8.69. The number of halogens is 2. The van der Waals surface area contributed by atoms with Crippen LogP contribution < -0.4 is 0 Å². The fourth-order valence-electron chi connectivity index (χ4n) is 2.47. The SMILES string of the molecule is O=C(O)c1ccc2c(c1)C(=O)OC2O.O=Cc1ccc(Br)cc1Br.OC1CCCO1. The van der Waals surface area contributed by atoms with Crippen LogP contribution in [0.4, 0.5) is 0 Å². The highest BCUT2D eigenvalue weighted by Gasteiger charge is 2.29. The van der Waals surface area contributed by atoms with Crippen LogP contribution >= 0.6 is 31.9 Å². The summed E-state index contributed by atoms with van der Waals surface area (Å²) in [6.45, 7) is 0.737. The number of esters is 1. The van der Waals surface area contributed by atoms with Crippen LogP contribution in [-0.4, -0.2) is 46.4 Å². The number of aliphatic hydroxyl groups is 2. The summed E-state index contributed by atoms with van der Waals surface area (Å²) in [5.74, 6) is -1.82. The summed E-state index contributed by atoms with van der Waals surface area (Å²) in [6, 6.07) is 9.29. The number of carbonyl (C=O) groups is 3. The molecule has 160 valence electrons. The van der Waals surface area contributed by atoms with E-state index in [0.29, 0.717) is 11.1 Å². The Morgan fingerprint density at radius 2 is 1.87 bits per heavy atom. The summed E-state index contributed by atoms with van der Waals surface area (Å²) < 4.78 is 11.0. The van der Waals surface area contributed by atoms with Crippen LogP contribution in [0.2, 0.25) is 0 Å². The molecule has 0 bridgehead atoms. The number of rotatable bonds is 2. The van der Waals surface area contributed by atoms with Crippen molar-refractivity contribution in [2.24, 2.45) is 0 Å². The summed E-state index contributed by atoms with van der Waals surface area (Å²) in [6.07, 6.45) is 0.919. The predicted octanol–water partition coefficient (Wildman–Crippen LogP) is 3.69. The molecule has 8 nitrogen and oxygen atoms in total. The van der Waals surface area contributed by atoms with Gasteiger partial charge in [0.25, 0.3) is 0 Å². The van der Waals surface area contributed by atoms with Crippen LogP contribution in [0.1, 0.15) is 55.8 Å². The number of cyclic esters (lactones) is 1. The molecule has 4 rings (SSSR count). The van der Waals surface area contributed by atoms with Crippen molar-refractivity contribution in [1.29, 1.82) is 0 Å². The van der Waals surface area contributed by atoms with Crippen molar-refractivity contribution in [3.05, 3.63) is 67.6 Å². The second-order valence-corrected chi connectivity index (χ2v) is 7.89. The Morgan fingerprint density at radius 3 is 2.37 bits per heavy atom. The van der Waals surface area contributed by atoms with E-state index in [0.717, 1.165) is 34.7 Å². The average molecular weight is 546 g/mol. The van der Waals surface area contributed by atoms with Gasteiger partial charge in [0.05, 0.1) is 11.1 Å². The van der Waals surface area contributed by atoms with Crippen LogP contribution in [-0.2, 0) is 9.47 Å². The van der Waals surface area contributed by atoms with E-state index in [-0.39, 0.29) is 11.1 Å². The number of hydrogen-bond donors (Lipinski definition) is 3. The molecular weight excluding hydrogens is 528 g/mol. The van der Waals surface area contributed by atoms with Gasteiger partial charge in [0.15, 0.2) is 12.6 Å². The molecule has 0 spiro atoms. The molecule has 2 atom stereocenters. The number of benzene rings is 2. The zero-order valence-electron chi connectivity index (χ0n) is 15.5. The molecule has 1 saturated heterocycles. The Morgan fingerprint density at radius 1 is 1.13 bits per heavy atom. The molecule has 30 heavy (non-hydrogen) atoms. The van der Waals surface area contributed by atoms with Crippen molar-refractivity contribution in [3.8, 4) is 0 Å². The van der Waals surface area contributed by atoms with Gasteiger partial charge in [-0.2, -0.15) is 0 Å². The summed E-state index contributed by atoms with van der Waals surface area (Å²) in [5, 5.41) is 26.4. The van der Waals surface area contributed by atoms with E-state index in [1.165, 1.54) is 18.2 Å². The van der Waals surface area contributed by atoms with Gasteiger partial charge in [-0.15, -0.1) is 0 Å². The topological polar surface area (TPSA) is 130 Å². The van der Waals surface area contributed by atoms with E-state index in [9.17, 15) is 19.5 Å². The maximum absolute atomic E-state index is 11.1. The van der Waals surface area contributed by atoms with Crippen molar-refractivity contribution in [3.63, 3.8) is 0 Å². The molecule has 2 aromatic rings. The van der Waals surface area contributed by atoms with E-state index in [2.05, 4.69) is 36.6 Å². The molecule has 3 N–H and O–H groups in total. The molecule has 0 aliphatic carbocycles. The molecule has 2 aliphatic heterocycles. The monoisotopic (exact) mass is 544 g/mol. The van der Waals surface area contributed by atoms with Gasteiger partial charge in [-0.05, 0) is 36.8 Å². The first-order valence-corrected chi connectivity index (χ1v) is 10.3. The number of hydrogen-bond acceptors (Lipinski definition) is 7. The number of aliphatic hydroxyl groups excluding tert-OH is 2. The van der Waals surface area contributed by atoms with E-state index in [1.807, 2.05) is 12.1 Å². The molecule has 10 heteroatoms. The van der Waals surface area contributed by atoms with Crippen LogP contribution in [0.5, 0.6) is 0 Å². The first kappa shape index (κ1) is 24.2. The van der Waals surface area contributed by atoms with E-state index < -0.39 is 24.5 Å².